The number of nitrogens with zero attached hydrogens (tertiary/aromatic N) is 3. The van der Waals surface area contributed by atoms with Crippen LogP contribution in [0.15, 0.2) is 36.7 Å². The molecule has 2 rings (SSSR count). The Labute approximate surface area is 131 Å². The number of carbonyl (C=O) groups is 1. The van der Waals surface area contributed by atoms with Crippen LogP contribution in [-0.4, -0.2) is 29.0 Å². The zero-order chi connectivity index (χ0) is 15.9. The first-order valence-corrected chi connectivity index (χ1v) is 7.60. The maximum atomic E-state index is 12.0. The fourth-order valence-electron chi connectivity index (χ4n) is 2.22. The molecule has 0 aliphatic heterocycles. The summed E-state index contributed by atoms with van der Waals surface area (Å²) in [6.07, 6.45) is 2.34. The number of anilines is 2. The van der Waals surface area contributed by atoms with Crippen LogP contribution in [0.4, 0.5) is 11.5 Å². The monoisotopic (exact) mass is 298 g/mol. The number of hydrogen-bond acceptors (Lipinski definition) is 4. The molecule has 2 aromatic rings. The Morgan fingerprint density at radius 1 is 1.23 bits per heavy atom. The minimum Gasteiger partial charge on any atom is -0.351 e. The second-order valence-electron chi connectivity index (χ2n) is 5.10. The van der Waals surface area contributed by atoms with Crippen molar-refractivity contribution >= 4 is 17.4 Å². The van der Waals surface area contributed by atoms with E-state index < -0.39 is 0 Å². The quantitative estimate of drug-likeness (QED) is 0.890. The predicted molar refractivity (Wildman–Crippen MR) is 88.5 cm³/mol. The molecule has 116 valence electrons. The van der Waals surface area contributed by atoms with Crippen LogP contribution in [0, 0.1) is 6.92 Å². The highest BCUT2D eigenvalue weighted by atomic mass is 16.1. The highest BCUT2D eigenvalue weighted by Gasteiger charge is 2.13. The largest absolute Gasteiger partial charge is 0.351 e. The lowest BCUT2D eigenvalue weighted by Gasteiger charge is -2.22. The van der Waals surface area contributed by atoms with Crippen LogP contribution < -0.4 is 10.2 Å². The van der Waals surface area contributed by atoms with Crippen molar-refractivity contribution in [1.82, 2.24) is 15.3 Å². The van der Waals surface area contributed by atoms with Gasteiger partial charge in [-0.2, -0.15) is 0 Å². The average molecular weight is 298 g/mol. The van der Waals surface area contributed by atoms with E-state index in [0.29, 0.717) is 12.2 Å². The van der Waals surface area contributed by atoms with Gasteiger partial charge in [0.1, 0.15) is 17.8 Å². The molecule has 1 aromatic heterocycles. The fraction of sp³-hybridized carbons (Fsp3) is 0.353. The van der Waals surface area contributed by atoms with Gasteiger partial charge in [-0.05, 0) is 38.0 Å². The van der Waals surface area contributed by atoms with Gasteiger partial charge in [0.25, 0.3) is 5.91 Å². The van der Waals surface area contributed by atoms with Gasteiger partial charge in [0, 0.05) is 24.8 Å². The first-order chi connectivity index (χ1) is 10.7. The van der Waals surface area contributed by atoms with Gasteiger partial charge in [-0.3, -0.25) is 4.79 Å². The third-order valence-electron chi connectivity index (χ3n) is 3.33. The Kier molecular flexibility index (Phi) is 5.47. The lowest BCUT2D eigenvalue weighted by Crippen LogP contribution is -2.26. The summed E-state index contributed by atoms with van der Waals surface area (Å²) in [6.45, 7) is 7.54. The number of aryl methyl sites for hydroxylation is 1. The van der Waals surface area contributed by atoms with Crippen LogP contribution in [0.3, 0.4) is 0 Å². The average Bonchev–Trinajstić information content (AvgIpc) is 2.54. The molecule has 5 heteroatoms. The van der Waals surface area contributed by atoms with Crippen LogP contribution in [0.25, 0.3) is 0 Å². The molecule has 0 fully saturated rings. The molecule has 0 bridgehead atoms. The molecular weight excluding hydrogens is 276 g/mol. The Balaban J connectivity index is 2.28. The zero-order valence-corrected chi connectivity index (χ0v) is 13.3. The van der Waals surface area contributed by atoms with Gasteiger partial charge in [-0.25, -0.2) is 9.97 Å². The summed E-state index contributed by atoms with van der Waals surface area (Å²) >= 11 is 0. The Morgan fingerprint density at radius 2 is 2.05 bits per heavy atom. The van der Waals surface area contributed by atoms with E-state index in [2.05, 4.69) is 46.2 Å². The summed E-state index contributed by atoms with van der Waals surface area (Å²) in [4.78, 5) is 22.5. The van der Waals surface area contributed by atoms with Gasteiger partial charge in [0.15, 0.2) is 0 Å². The van der Waals surface area contributed by atoms with E-state index in [4.69, 9.17) is 0 Å². The van der Waals surface area contributed by atoms with Gasteiger partial charge < -0.3 is 10.2 Å². The molecule has 1 N–H and O–H groups in total. The highest BCUT2D eigenvalue weighted by molar-refractivity contribution is 5.93. The Bertz CT molecular complexity index is 642. The lowest BCUT2D eigenvalue weighted by molar-refractivity contribution is 0.0948. The smallest absolute Gasteiger partial charge is 0.270 e. The van der Waals surface area contributed by atoms with E-state index in [9.17, 15) is 4.79 Å². The summed E-state index contributed by atoms with van der Waals surface area (Å²) < 4.78 is 0. The third kappa shape index (κ3) is 3.81. The second kappa shape index (κ2) is 7.54. The standard InChI is InChI=1S/C17H22N4O/c1-4-9-18-17(22)15-11-16(20-12-19-15)21(5-2)14-8-6-7-13(3)10-14/h6-8,10-12H,4-5,9H2,1-3H3,(H,18,22). The van der Waals surface area contributed by atoms with E-state index in [-0.39, 0.29) is 5.91 Å². The zero-order valence-electron chi connectivity index (χ0n) is 13.3. The molecule has 1 amide bonds. The van der Waals surface area contributed by atoms with Crippen molar-refractivity contribution in [2.75, 3.05) is 18.0 Å². The Morgan fingerprint density at radius 3 is 2.73 bits per heavy atom. The van der Waals surface area contributed by atoms with Crippen LogP contribution >= 0.6 is 0 Å². The van der Waals surface area contributed by atoms with E-state index in [1.54, 1.807) is 6.07 Å². The molecule has 0 saturated carbocycles. The van der Waals surface area contributed by atoms with Gasteiger partial charge >= 0.3 is 0 Å². The highest BCUT2D eigenvalue weighted by Crippen LogP contribution is 2.24. The van der Waals surface area contributed by atoms with Crippen LogP contribution in [-0.2, 0) is 0 Å². The van der Waals surface area contributed by atoms with Gasteiger partial charge in [-0.15, -0.1) is 0 Å². The molecule has 0 aliphatic carbocycles. The van der Waals surface area contributed by atoms with E-state index in [1.807, 2.05) is 19.1 Å². The minimum atomic E-state index is -0.161. The normalized spacial score (nSPS) is 10.3. The van der Waals surface area contributed by atoms with Crippen molar-refractivity contribution in [3.8, 4) is 0 Å². The predicted octanol–water partition coefficient (Wildman–Crippen LogP) is 3.08. The van der Waals surface area contributed by atoms with E-state index in [0.717, 1.165) is 24.5 Å². The van der Waals surface area contributed by atoms with Gasteiger partial charge in [-0.1, -0.05) is 19.1 Å². The van der Waals surface area contributed by atoms with Crippen molar-refractivity contribution in [1.29, 1.82) is 0 Å². The van der Waals surface area contributed by atoms with Gasteiger partial charge in [0.05, 0.1) is 0 Å². The number of benzene rings is 1. The van der Waals surface area contributed by atoms with Crippen molar-refractivity contribution in [2.24, 2.45) is 0 Å². The number of hydrogen-bond donors (Lipinski definition) is 1. The maximum Gasteiger partial charge on any atom is 0.270 e. The fourth-order valence-corrected chi connectivity index (χ4v) is 2.22. The second-order valence-corrected chi connectivity index (χ2v) is 5.10. The molecule has 0 aliphatic rings. The number of amides is 1. The SMILES string of the molecule is CCCNC(=O)c1cc(N(CC)c2cccc(C)c2)ncn1. The van der Waals surface area contributed by atoms with Crippen LogP contribution in [0.1, 0.15) is 36.3 Å². The molecule has 0 atom stereocenters. The molecule has 5 nitrogen and oxygen atoms in total. The molecule has 0 saturated heterocycles. The Hall–Kier alpha value is -2.43. The summed E-state index contributed by atoms with van der Waals surface area (Å²) in [7, 11) is 0. The number of nitrogens with one attached hydrogen (secondary N) is 1. The number of carbonyl (C=O) groups excluding carboxylic acids is 1. The molecule has 0 unspecified atom stereocenters. The summed E-state index contributed by atoms with van der Waals surface area (Å²) in [5.74, 6) is 0.565. The van der Waals surface area contributed by atoms with Crippen molar-refractivity contribution in [2.45, 2.75) is 27.2 Å². The van der Waals surface area contributed by atoms with Crippen molar-refractivity contribution in [3.63, 3.8) is 0 Å². The number of rotatable bonds is 6. The summed E-state index contributed by atoms with van der Waals surface area (Å²) in [5.41, 5.74) is 2.64. The van der Waals surface area contributed by atoms with E-state index >= 15 is 0 Å². The summed E-state index contributed by atoms with van der Waals surface area (Å²) in [5, 5.41) is 2.83. The molecule has 22 heavy (non-hydrogen) atoms. The summed E-state index contributed by atoms with van der Waals surface area (Å²) in [6, 6.07) is 9.94. The van der Waals surface area contributed by atoms with Crippen molar-refractivity contribution < 1.29 is 4.79 Å². The van der Waals surface area contributed by atoms with Crippen LogP contribution in [0.5, 0.6) is 0 Å². The maximum absolute atomic E-state index is 12.0. The molecular formula is C17H22N4O. The molecule has 1 aromatic carbocycles. The lowest BCUT2D eigenvalue weighted by atomic mass is 10.2. The van der Waals surface area contributed by atoms with Crippen LogP contribution in [0.2, 0.25) is 0 Å². The van der Waals surface area contributed by atoms with Gasteiger partial charge in [0.2, 0.25) is 0 Å². The molecule has 0 spiro atoms. The first kappa shape index (κ1) is 15.9. The number of aromatic nitrogens is 2. The molecule has 0 radical (unpaired) electrons. The first-order valence-electron chi connectivity index (χ1n) is 7.60. The minimum absolute atomic E-state index is 0.161. The van der Waals surface area contributed by atoms with E-state index in [1.165, 1.54) is 11.9 Å². The molecule has 1 heterocycles. The third-order valence-corrected chi connectivity index (χ3v) is 3.33. The van der Waals surface area contributed by atoms with Crippen molar-refractivity contribution in [3.05, 3.63) is 47.9 Å². The topological polar surface area (TPSA) is 58.1 Å².